The van der Waals surface area contributed by atoms with Crippen molar-refractivity contribution in [2.45, 2.75) is 25.6 Å². The maximum atomic E-state index is 10.9. The van der Waals surface area contributed by atoms with Crippen LogP contribution in [0.3, 0.4) is 0 Å². The van der Waals surface area contributed by atoms with Crippen LogP contribution in [0.2, 0.25) is 0 Å². The van der Waals surface area contributed by atoms with Crippen molar-refractivity contribution in [1.29, 1.82) is 0 Å². The summed E-state index contributed by atoms with van der Waals surface area (Å²) in [5.74, 6) is 0.224. The van der Waals surface area contributed by atoms with Gasteiger partial charge in [0.1, 0.15) is 0 Å². The number of aliphatic hydroxyl groups excluding tert-OH is 1. The lowest BCUT2D eigenvalue weighted by Crippen LogP contribution is -2.54. The quantitative estimate of drug-likeness (QED) is 0.670. The molecule has 0 radical (unpaired) electrons. The van der Waals surface area contributed by atoms with Gasteiger partial charge in [0.2, 0.25) is 0 Å². The van der Waals surface area contributed by atoms with Crippen LogP contribution in [0.4, 0.5) is 11.4 Å². The van der Waals surface area contributed by atoms with Crippen LogP contribution in [0, 0.1) is 10.1 Å². The number of benzene rings is 1. The second kappa shape index (κ2) is 5.87. The molecule has 0 aromatic heterocycles. The van der Waals surface area contributed by atoms with E-state index >= 15 is 0 Å². The molecule has 1 fully saturated rings. The Bertz CT molecular complexity index is 532. The Balaban J connectivity index is 2.30. The molecule has 0 aliphatic carbocycles. The molecule has 1 heterocycles. The Morgan fingerprint density at radius 2 is 2.29 bits per heavy atom. The van der Waals surface area contributed by atoms with Crippen molar-refractivity contribution in [3.05, 3.63) is 28.3 Å². The van der Waals surface area contributed by atoms with Crippen molar-refractivity contribution in [3.63, 3.8) is 0 Å². The summed E-state index contributed by atoms with van der Waals surface area (Å²) in [4.78, 5) is 12.5. The minimum atomic E-state index is -0.470. The fourth-order valence-corrected chi connectivity index (χ4v) is 2.60. The topological polar surface area (TPSA) is 85.1 Å². The van der Waals surface area contributed by atoms with Gasteiger partial charge in [0.05, 0.1) is 30.3 Å². The maximum absolute atomic E-state index is 10.9. The van der Waals surface area contributed by atoms with Crippen LogP contribution in [0.1, 0.15) is 13.8 Å². The van der Waals surface area contributed by atoms with E-state index in [-0.39, 0.29) is 24.1 Å². The summed E-state index contributed by atoms with van der Waals surface area (Å²) < 4.78 is 10.9. The Hall–Kier alpha value is -1.86. The smallest absolute Gasteiger partial charge is 0.311 e. The number of nitro groups is 1. The lowest BCUT2D eigenvalue weighted by atomic mass is 10.0. The number of ether oxygens (including phenoxy) is 2. The lowest BCUT2D eigenvalue weighted by Gasteiger charge is -2.43. The number of morpholine rings is 1. The highest BCUT2D eigenvalue weighted by atomic mass is 16.6. The predicted molar refractivity (Wildman–Crippen MR) is 77.9 cm³/mol. The summed E-state index contributed by atoms with van der Waals surface area (Å²) in [5.41, 5.74) is 0.348. The van der Waals surface area contributed by atoms with Gasteiger partial charge in [0.25, 0.3) is 0 Å². The first-order chi connectivity index (χ1) is 9.86. The molecule has 116 valence electrons. The standard InChI is InChI=1S/C14H20N2O5/c1-14(2)9-15(7-11(8-17)21-14)10-4-5-12(16(18)19)13(6-10)20-3/h4-6,11,17H,7-9H2,1-3H3. The highest BCUT2D eigenvalue weighted by Gasteiger charge is 2.33. The van der Waals surface area contributed by atoms with Crippen LogP contribution < -0.4 is 9.64 Å². The fourth-order valence-electron chi connectivity index (χ4n) is 2.60. The van der Waals surface area contributed by atoms with Crippen molar-refractivity contribution in [3.8, 4) is 5.75 Å². The van der Waals surface area contributed by atoms with Gasteiger partial charge in [0, 0.05) is 30.9 Å². The highest BCUT2D eigenvalue weighted by Crippen LogP contribution is 2.33. The van der Waals surface area contributed by atoms with Gasteiger partial charge in [-0.15, -0.1) is 0 Å². The van der Waals surface area contributed by atoms with E-state index in [2.05, 4.69) is 0 Å². The van der Waals surface area contributed by atoms with E-state index in [0.29, 0.717) is 13.1 Å². The van der Waals surface area contributed by atoms with E-state index in [1.807, 2.05) is 18.7 Å². The van der Waals surface area contributed by atoms with Gasteiger partial charge < -0.3 is 19.5 Å². The molecule has 0 amide bonds. The molecule has 1 unspecified atom stereocenters. The van der Waals surface area contributed by atoms with Crippen LogP contribution in [0.5, 0.6) is 5.75 Å². The lowest BCUT2D eigenvalue weighted by molar-refractivity contribution is -0.385. The largest absolute Gasteiger partial charge is 0.490 e. The van der Waals surface area contributed by atoms with E-state index in [4.69, 9.17) is 9.47 Å². The molecule has 2 rings (SSSR count). The van der Waals surface area contributed by atoms with Crippen LogP contribution in [-0.4, -0.2) is 48.5 Å². The number of anilines is 1. The third-order valence-electron chi connectivity index (χ3n) is 3.41. The summed E-state index contributed by atoms with van der Waals surface area (Å²) >= 11 is 0. The first-order valence-corrected chi connectivity index (χ1v) is 6.72. The molecule has 1 aromatic carbocycles. The Morgan fingerprint density at radius 1 is 1.57 bits per heavy atom. The zero-order chi connectivity index (χ0) is 15.6. The number of nitro benzene ring substituents is 1. The number of hydrogen-bond acceptors (Lipinski definition) is 6. The van der Waals surface area contributed by atoms with Crippen LogP contribution in [-0.2, 0) is 4.74 Å². The number of hydrogen-bond donors (Lipinski definition) is 1. The molecule has 1 aliphatic heterocycles. The summed E-state index contributed by atoms with van der Waals surface area (Å²) in [6.45, 7) is 4.99. The van der Waals surface area contributed by atoms with Gasteiger partial charge in [-0.25, -0.2) is 0 Å². The summed E-state index contributed by atoms with van der Waals surface area (Å²) in [6.07, 6.45) is -0.282. The number of nitrogens with zero attached hydrogens (tertiary/aromatic N) is 2. The van der Waals surface area contributed by atoms with Crippen LogP contribution in [0.25, 0.3) is 0 Å². The zero-order valence-corrected chi connectivity index (χ0v) is 12.4. The molecule has 7 nitrogen and oxygen atoms in total. The SMILES string of the molecule is COc1cc(N2CC(CO)OC(C)(C)C2)ccc1[N+](=O)[O-]. The summed E-state index contributed by atoms with van der Waals surface area (Å²) in [6, 6.07) is 4.77. The summed E-state index contributed by atoms with van der Waals surface area (Å²) in [5, 5.41) is 20.3. The molecular formula is C14H20N2O5. The van der Waals surface area contributed by atoms with Crippen molar-refractivity contribution >= 4 is 11.4 Å². The Labute approximate surface area is 123 Å². The monoisotopic (exact) mass is 296 g/mol. The van der Waals surface area contributed by atoms with Crippen molar-refractivity contribution < 1.29 is 19.5 Å². The molecule has 0 saturated carbocycles. The highest BCUT2D eigenvalue weighted by molar-refractivity contribution is 5.59. The average molecular weight is 296 g/mol. The normalized spacial score (nSPS) is 21.1. The fraction of sp³-hybridized carbons (Fsp3) is 0.571. The van der Waals surface area contributed by atoms with Crippen LogP contribution in [0.15, 0.2) is 18.2 Å². The van der Waals surface area contributed by atoms with Crippen molar-refractivity contribution in [2.75, 3.05) is 31.7 Å². The van der Waals surface area contributed by atoms with E-state index in [9.17, 15) is 15.2 Å². The molecule has 1 saturated heterocycles. The van der Waals surface area contributed by atoms with Gasteiger partial charge in [0.15, 0.2) is 5.75 Å². The number of rotatable bonds is 4. The first-order valence-electron chi connectivity index (χ1n) is 6.72. The molecule has 7 heteroatoms. The van der Waals surface area contributed by atoms with Crippen molar-refractivity contribution in [2.24, 2.45) is 0 Å². The third kappa shape index (κ3) is 3.43. The van der Waals surface area contributed by atoms with Gasteiger partial charge >= 0.3 is 5.69 Å². The van der Waals surface area contributed by atoms with Gasteiger partial charge in [-0.1, -0.05) is 0 Å². The minimum absolute atomic E-state index is 0.0625. The summed E-state index contributed by atoms with van der Waals surface area (Å²) in [7, 11) is 1.41. The first kappa shape index (κ1) is 15.5. The maximum Gasteiger partial charge on any atom is 0.311 e. The van der Waals surface area contributed by atoms with Gasteiger partial charge in [-0.2, -0.15) is 0 Å². The number of methoxy groups -OCH3 is 1. The molecule has 21 heavy (non-hydrogen) atoms. The molecule has 0 spiro atoms. The van der Waals surface area contributed by atoms with Gasteiger partial charge in [-0.3, -0.25) is 10.1 Å². The molecule has 1 aromatic rings. The van der Waals surface area contributed by atoms with E-state index in [0.717, 1.165) is 5.69 Å². The van der Waals surface area contributed by atoms with Crippen LogP contribution >= 0.6 is 0 Å². The van der Waals surface area contributed by atoms with E-state index in [1.165, 1.54) is 13.2 Å². The molecule has 1 atom stereocenters. The predicted octanol–water partition coefficient (Wildman–Crippen LogP) is 1.58. The minimum Gasteiger partial charge on any atom is -0.490 e. The molecule has 1 N–H and O–H groups in total. The average Bonchev–Trinajstić information content (AvgIpc) is 2.44. The number of aliphatic hydroxyl groups is 1. The molecular weight excluding hydrogens is 276 g/mol. The Morgan fingerprint density at radius 3 is 2.86 bits per heavy atom. The molecule has 1 aliphatic rings. The molecule has 0 bridgehead atoms. The van der Waals surface area contributed by atoms with Gasteiger partial charge in [-0.05, 0) is 19.9 Å². The van der Waals surface area contributed by atoms with Crippen molar-refractivity contribution in [1.82, 2.24) is 0 Å². The second-order valence-corrected chi connectivity index (χ2v) is 5.68. The Kier molecular flexibility index (Phi) is 4.34. The second-order valence-electron chi connectivity index (χ2n) is 5.68. The van der Waals surface area contributed by atoms with E-state index < -0.39 is 10.5 Å². The third-order valence-corrected chi connectivity index (χ3v) is 3.41. The van der Waals surface area contributed by atoms with E-state index in [1.54, 1.807) is 12.1 Å². The zero-order valence-electron chi connectivity index (χ0n) is 12.4.